The smallest absolute Gasteiger partial charge is 0.329 e. The highest BCUT2D eigenvalue weighted by Crippen LogP contribution is 2.34. The lowest BCUT2D eigenvalue weighted by Crippen LogP contribution is -2.38. The number of imidazole rings is 1. The highest BCUT2D eigenvalue weighted by molar-refractivity contribution is 6.01. The number of nitrogens with zero attached hydrogens (tertiary/aromatic N) is 2. The number of ether oxygens (including phenoxy) is 2. The van der Waals surface area contributed by atoms with Crippen LogP contribution in [-0.2, 0) is 17.9 Å². The van der Waals surface area contributed by atoms with Crippen LogP contribution in [0.25, 0.3) is 11.0 Å². The quantitative estimate of drug-likeness (QED) is 0.689. The predicted molar refractivity (Wildman–Crippen MR) is 106 cm³/mol. The topological polar surface area (TPSA) is 104 Å². The van der Waals surface area contributed by atoms with Gasteiger partial charge in [0.05, 0.1) is 11.0 Å². The molecule has 9 nitrogen and oxygen atoms in total. The Morgan fingerprint density at radius 3 is 2.52 bits per heavy atom. The Kier molecular flexibility index (Phi) is 4.94. The molecular weight excluding hydrogens is 376 g/mol. The van der Waals surface area contributed by atoms with Crippen LogP contribution in [0.2, 0.25) is 0 Å². The van der Waals surface area contributed by atoms with E-state index in [4.69, 9.17) is 9.47 Å². The molecule has 1 aliphatic rings. The van der Waals surface area contributed by atoms with E-state index >= 15 is 0 Å². The molecule has 0 atom stereocenters. The van der Waals surface area contributed by atoms with E-state index in [1.165, 1.54) is 4.57 Å². The minimum Gasteiger partial charge on any atom is -0.454 e. The molecule has 0 saturated heterocycles. The van der Waals surface area contributed by atoms with E-state index in [0.29, 0.717) is 29.2 Å². The fourth-order valence-corrected chi connectivity index (χ4v) is 3.31. The second-order valence-electron chi connectivity index (χ2n) is 6.58. The van der Waals surface area contributed by atoms with Gasteiger partial charge in [-0.1, -0.05) is 19.1 Å². The van der Waals surface area contributed by atoms with E-state index in [9.17, 15) is 14.4 Å². The second kappa shape index (κ2) is 7.70. The molecule has 0 spiro atoms. The average Bonchev–Trinajstić information content (AvgIpc) is 3.26. The summed E-state index contributed by atoms with van der Waals surface area (Å²) in [6, 6.07) is 11.5. The summed E-state index contributed by atoms with van der Waals surface area (Å²) in [5, 5.41) is 4.81. The summed E-state index contributed by atoms with van der Waals surface area (Å²) < 4.78 is 13.5. The Bertz CT molecular complexity index is 1150. The number of hydrogen-bond acceptors (Lipinski definition) is 5. The third kappa shape index (κ3) is 3.66. The molecule has 2 N–H and O–H groups in total. The predicted octanol–water partition coefficient (Wildman–Crippen LogP) is 2.29. The van der Waals surface area contributed by atoms with Gasteiger partial charge >= 0.3 is 11.7 Å². The van der Waals surface area contributed by atoms with Gasteiger partial charge in [-0.2, -0.15) is 0 Å². The second-order valence-corrected chi connectivity index (χ2v) is 6.58. The number of para-hydroxylation sites is 2. The Morgan fingerprint density at radius 2 is 1.76 bits per heavy atom. The Balaban J connectivity index is 1.46. The standard InChI is InChI=1S/C20H20N4O5/c1-2-9-23-14-5-3-4-6-15(14)24(20(23)27)11-18(25)22-19(26)21-13-7-8-16-17(10-13)29-12-28-16/h3-8,10H,2,9,11-12H2,1H3,(H2,21,22,25,26). The van der Waals surface area contributed by atoms with Crippen LogP contribution in [0.1, 0.15) is 13.3 Å². The third-order valence-corrected chi connectivity index (χ3v) is 4.56. The van der Waals surface area contributed by atoms with Gasteiger partial charge in [0.25, 0.3) is 0 Å². The van der Waals surface area contributed by atoms with Crippen molar-refractivity contribution >= 4 is 28.7 Å². The van der Waals surface area contributed by atoms with Gasteiger partial charge in [-0.25, -0.2) is 9.59 Å². The van der Waals surface area contributed by atoms with Crippen molar-refractivity contribution in [2.45, 2.75) is 26.4 Å². The molecule has 4 rings (SSSR count). The van der Waals surface area contributed by atoms with E-state index in [2.05, 4.69) is 10.6 Å². The van der Waals surface area contributed by atoms with Crippen LogP contribution in [0.4, 0.5) is 10.5 Å². The van der Waals surface area contributed by atoms with Gasteiger partial charge in [-0.15, -0.1) is 0 Å². The summed E-state index contributed by atoms with van der Waals surface area (Å²) in [6.07, 6.45) is 0.790. The lowest BCUT2D eigenvalue weighted by molar-refractivity contribution is -0.120. The maximum absolute atomic E-state index is 12.7. The molecule has 0 saturated carbocycles. The molecule has 9 heteroatoms. The van der Waals surface area contributed by atoms with Crippen LogP contribution in [0.15, 0.2) is 47.3 Å². The molecule has 2 aromatic carbocycles. The van der Waals surface area contributed by atoms with Gasteiger partial charge in [0.2, 0.25) is 12.7 Å². The number of benzene rings is 2. The van der Waals surface area contributed by atoms with E-state index < -0.39 is 11.9 Å². The van der Waals surface area contributed by atoms with Crippen LogP contribution in [0.3, 0.4) is 0 Å². The van der Waals surface area contributed by atoms with Gasteiger partial charge in [0.1, 0.15) is 6.54 Å². The van der Waals surface area contributed by atoms with Crippen molar-refractivity contribution in [3.05, 3.63) is 52.9 Å². The number of nitrogens with one attached hydrogen (secondary N) is 2. The lowest BCUT2D eigenvalue weighted by atomic mass is 10.3. The Labute approximate surface area is 165 Å². The summed E-state index contributed by atoms with van der Waals surface area (Å²) in [5.41, 5.74) is 1.59. The first kappa shape index (κ1) is 18.6. The molecule has 0 bridgehead atoms. The van der Waals surface area contributed by atoms with E-state index in [1.54, 1.807) is 34.9 Å². The Morgan fingerprint density at radius 1 is 1.03 bits per heavy atom. The van der Waals surface area contributed by atoms with E-state index in [-0.39, 0.29) is 19.0 Å². The van der Waals surface area contributed by atoms with Crippen molar-refractivity contribution in [3.63, 3.8) is 0 Å². The van der Waals surface area contributed by atoms with E-state index in [0.717, 1.165) is 11.9 Å². The van der Waals surface area contributed by atoms with Crippen molar-refractivity contribution in [3.8, 4) is 11.5 Å². The van der Waals surface area contributed by atoms with Crippen molar-refractivity contribution in [2.24, 2.45) is 0 Å². The van der Waals surface area contributed by atoms with Crippen molar-refractivity contribution in [2.75, 3.05) is 12.1 Å². The number of carbonyl (C=O) groups excluding carboxylic acids is 2. The number of hydrogen-bond donors (Lipinski definition) is 2. The molecule has 3 aromatic rings. The zero-order chi connectivity index (χ0) is 20.4. The first-order chi connectivity index (χ1) is 14.1. The van der Waals surface area contributed by atoms with Crippen molar-refractivity contribution < 1.29 is 19.1 Å². The molecule has 2 heterocycles. The minimum atomic E-state index is -0.695. The van der Waals surface area contributed by atoms with Crippen LogP contribution in [0, 0.1) is 0 Å². The summed E-state index contributed by atoms with van der Waals surface area (Å²) in [4.78, 5) is 37.3. The van der Waals surface area contributed by atoms with Gasteiger partial charge in [0, 0.05) is 18.3 Å². The normalized spacial score (nSPS) is 12.2. The van der Waals surface area contributed by atoms with Crippen LogP contribution in [-0.4, -0.2) is 27.9 Å². The highest BCUT2D eigenvalue weighted by Gasteiger charge is 2.17. The molecule has 3 amide bonds. The van der Waals surface area contributed by atoms with Gasteiger partial charge in [-0.05, 0) is 30.7 Å². The fraction of sp³-hybridized carbons (Fsp3) is 0.250. The zero-order valence-corrected chi connectivity index (χ0v) is 15.8. The monoisotopic (exact) mass is 396 g/mol. The summed E-state index contributed by atoms with van der Waals surface area (Å²) in [5.74, 6) is 0.518. The molecule has 1 aliphatic heterocycles. The molecule has 0 fully saturated rings. The molecule has 0 unspecified atom stereocenters. The number of imide groups is 1. The first-order valence-electron chi connectivity index (χ1n) is 9.25. The Hall–Kier alpha value is -3.75. The van der Waals surface area contributed by atoms with Crippen LogP contribution >= 0.6 is 0 Å². The average molecular weight is 396 g/mol. The lowest BCUT2D eigenvalue weighted by Gasteiger charge is -2.08. The summed E-state index contributed by atoms with van der Waals surface area (Å²) in [7, 11) is 0. The van der Waals surface area contributed by atoms with Crippen molar-refractivity contribution in [1.82, 2.24) is 14.5 Å². The minimum absolute atomic E-state index is 0.129. The highest BCUT2D eigenvalue weighted by atomic mass is 16.7. The van der Waals surface area contributed by atoms with E-state index in [1.807, 2.05) is 19.1 Å². The molecule has 150 valence electrons. The molecule has 29 heavy (non-hydrogen) atoms. The largest absolute Gasteiger partial charge is 0.454 e. The third-order valence-electron chi connectivity index (χ3n) is 4.56. The number of urea groups is 1. The fourth-order valence-electron chi connectivity index (χ4n) is 3.31. The maximum atomic E-state index is 12.7. The van der Waals surface area contributed by atoms with Crippen LogP contribution in [0.5, 0.6) is 11.5 Å². The maximum Gasteiger partial charge on any atom is 0.329 e. The summed E-state index contributed by atoms with van der Waals surface area (Å²) in [6.45, 7) is 2.40. The SMILES string of the molecule is CCCn1c(=O)n(CC(=O)NC(=O)Nc2ccc3c(c2)OCO3)c2ccccc21. The number of fused-ring (bicyclic) bond motifs is 2. The molecular formula is C20H20N4O5. The molecule has 0 radical (unpaired) electrons. The number of aryl methyl sites for hydroxylation is 1. The number of anilines is 1. The van der Waals surface area contributed by atoms with Crippen molar-refractivity contribution in [1.29, 1.82) is 0 Å². The van der Waals surface area contributed by atoms with Gasteiger partial charge < -0.3 is 14.8 Å². The number of carbonyl (C=O) groups is 2. The first-order valence-corrected chi connectivity index (χ1v) is 9.25. The number of rotatable bonds is 5. The molecule has 0 aliphatic carbocycles. The molecule has 1 aromatic heterocycles. The summed E-state index contributed by atoms with van der Waals surface area (Å²) >= 11 is 0. The van der Waals surface area contributed by atoms with Crippen LogP contribution < -0.4 is 25.8 Å². The van der Waals surface area contributed by atoms with Gasteiger partial charge in [-0.3, -0.25) is 19.2 Å². The number of amides is 3. The number of aromatic nitrogens is 2. The zero-order valence-electron chi connectivity index (χ0n) is 15.8. The van der Waals surface area contributed by atoms with Gasteiger partial charge in [0.15, 0.2) is 11.5 Å².